The fraction of sp³-hybridized carbons (Fsp3) is 0.308. The Morgan fingerprint density at radius 3 is 2.50 bits per heavy atom. The summed E-state index contributed by atoms with van der Waals surface area (Å²) in [5.74, 6) is 1.92. The molecule has 3 N–H and O–H groups in total. The normalized spacial score (nSPS) is 13.2. The van der Waals surface area contributed by atoms with E-state index in [-0.39, 0.29) is 6.42 Å². The highest BCUT2D eigenvalue weighted by atomic mass is 16.5. The quantitative estimate of drug-likeness (QED) is 0.749. The molecule has 0 radical (unpaired) electrons. The number of hydrogen-bond donors (Lipinski definition) is 2. The third kappa shape index (κ3) is 2.73. The van der Waals surface area contributed by atoms with Gasteiger partial charge in [-0.25, -0.2) is 4.79 Å². The van der Waals surface area contributed by atoms with Gasteiger partial charge in [0, 0.05) is 6.42 Å². The third-order valence-electron chi connectivity index (χ3n) is 2.57. The van der Waals surface area contributed by atoms with Crippen LogP contribution >= 0.6 is 0 Å². The summed E-state index contributed by atoms with van der Waals surface area (Å²) in [6.07, 6.45) is 5.18. The molecule has 0 aromatic heterocycles. The van der Waals surface area contributed by atoms with E-state index < -0.39 is 11.5 Å². The summed E-state index contributed by atoms with van der Waals surface area (Å²) in [4.78, 5) is 11.0. The molecule has 5 nitrogen and oxygen atoms in total. The molecule has 5 heteroatoms. The van der Waals surface area contributed by atoms with Crippen LogP contribution in [-0.2, 0) is 11.2 Å². The Bertz CT molecular complexity index is 492. The van der Waals surface area contributed by atoms with Crippen LogP contribution < -0.4 is 15.2 Å². The van der Waals surface area contributed by atoms with Crippen LogP contribution in [0.2, 0.25) is 0 Å². The lowest BCUT2D eigenvalue weighted by molar-refractivity contribution is -0.141. The number of carboxylic acid groups (broad SMARTS) is 1. The molecule has 1 aromatic carbocycles. The average Bonchev–Trinajstić information content (AvgIpc) is 2.38. The Hall–Kier alpha value is -2.19. The lowest BCUT2D eigenvalue weighted by Gasteiger charge is -2.18. The average molecular weight is 249 g/mol. The zero-order valence-corrected chi connectivity index (χ0v) is 10.3. The third-order valence-corrected chi connectivity index (χ3v) is 2.57. The van der Waals surface area contributed by atoms with Crippen LogP contribution in [0.5, 0.6) is 11.5 Å². The van der Waals surface area contributed by atoms with E-state index in [0.717, 1.165) is 0 Å². The number of methoxy groups -OCH3 is 2. The molecule has 0 heterocycles. The van der Waals surface area contributed by atoms with Gasteiger partial charge < -0.3 is 20.3 Å². The monoisotopic (exact) mass is 249 g/mol. The number of aliphatic carboxylic acids is 1. The van der Waals surface area contributed by atoms with Gasteiger partial charge in [0.1, 0.15) is 0 Å². The van der Waals surface area contributed by atoms with Gasteiger partial charge in [-0.3, -0.25) is 0 Å². The summed E-state index contributed by atoms with van der Waals surface area (Å²) < 4.78 is 10.2. The van der Waals surface area contributed by atoms with Gasteiger partial charge in [0.25, 0.3) is 0 Å². The summed E-state index contributed by atoms with van der Waals surface area (Å²) >= 11 is 0. The van der Waals surface area contributed by atoms with Crippen molar-refractivity contribution in [3.8, 4) is 23.8 Å². The molecule has 0 fully saturated rings. The van der Waals surface area contributed by atoms with Crippen LogP contribution in [0.4, 0.5) is 0 Å². The Kier molecular flexibility index (Phi) is 4.18. The topological polar surface area (TPSA) is 81.8 Å². The smallest absolute Gasteiger partial charge is 0.336 e. The zero-order valence-electron chi connectivity index (χ0n) is 10.3. The van der Waals surface area contributed by atoms with Crippen molar-refractivity contribution in [1.29, 1.82) is 0 Å². The molecular formula is C13H15NO4. The van der Waals surface area contributed by atoms with E-state index in [4.69, 9.17) is 26.7 Å². The van der Waals surface area contributed by atoms with Crippen LogP contribution in [-0.4, -0.2) is 30.8 Å². The molecule has 0 amide bonds. The van der Waals surface area contributed by atoms with Crippen molar-refractivity contribution >= 4 is 5.97 Å². The predicted octanol–water partition coefficient (Wildman–Crippen LogP) is 0.662. The van der Waals surface area contributed by atoms with E-state index >= 15 is 0 Å². The second kappa shape index (κ2) is 5.43. The van der Waals surface area contributed by atoms with E-state index in [0.29, 0.717) is 17.1 Å². The van der Waals surface area contributed by atoms with Gasteiger partial charge in [-0.2, -0.15) is 0 Å². The molecule has 0 aliphatic carbocycles. The molecule has 1 rings (SSSR count). The number of nitrogens with two attached hydrogens (primary N) is 1. The minimum atomic E-state index is -1.72. The summed E-state index contributed by atoms with van der Waals surface area (Å²) in [6.45, 7) is 0. The highest BCUT2D eigenvalue weighted by Crippen LogP contribution is 2.28. The van der Waals surface area contributed by atoms with Crippen molar-refractivity contribution < 1.29 is 19.4 Å². The van der Waals surface area contributed by atoms with Crippen LogP contribution in [0, 0.1) is 12.3 Å². The van der Waals surface area contributed by atoms with E-state index in [1.54, 1.807) is 18.2 Å². The Morgan fingerprint density at radius 2 is 2.06 bits per heavy atom. The summed E-state index contributed by atoms with van der Waals surface area (Å²) in [5.41, 5.74) is 4.57. The molecule has 0 saturated heterocycles. The first kappa shape index (κ1) is 13.9. The SMILES string of the molecule is C#C[C@](N)(Cc1ccc(OC)c(OC)c1)C(=O)O. The van der Waals surface area contributed by atoms with Crippen molar-refractivity contribution in [2.24, 2.45) is 5.73 Å². The second-order valence-electron chi connectivity index (χ2n) is 3.79. The highest BCUT2D eigenvalue weighted by molar-refractivity contribution is 5.83. The zero-order chi connectivity index (χ0) is 13.8. The minimum absolute atomic E-state index is 0.0131. The molecule has 0 aliphatic rings. The van der Waals surface area contributed by atoms with Crippen molar-refractivity contribution in [3.63, 3.8) is 0 Å². The first-order valence-electron chi connectivity index (χ1n) is 5.17. The molecule has 0 saturated carbocycles. The number of rotatable bonds is 5. The van der Waals surface area contributed by atoms with Gasteiger partial charge in [-0.15, -0.1) is 6.42 Å². The standard InChI is InChI=1S/C13H15NO4/c1-4-13(14,12(15)16)8-9-5-6-10(17-2)11(7-9)18-3/h1,5-7H,8,14H2,2-3H3,(H,15,16)/t13-/m0/s1. The van der Waals surface area contributed by atoms with E-state index in [9.17, 15) is 4.79 Å². The second-order valence-corrected chi connectivity index (χ2v) is 3.79. The summed E-state index contributed by atoms with van der Waals surface area (Å²) in [6, 6.07) is 5.02. The van der Waals surface area contributed by atoms with Gasteiger partial charge in [-0.1, -0.05) is 12.0 Å². The molecule has 0 unspecified atom stereocenters. The minimum Gasteiger partial charge on any atom is -0.493 e. The number of carbonyl (C=O) groups is 1. The van der Waals surface area contributed by atoms with Crippen molar-refractivity contribution in [3.05, 3.63) is 23.8 Å². The van der Waals surface area contributed by atoms with E-state index in [1.165, 1.54) is 14.2 Å². The number of benzene rings is 1. The molecule has 0 aliphatic heterocycles. The first-order valence-corrected chi connectivity index (χ1v) is 5.17. The van der Waals surface area contributed by atoms with E-state index in [2.05, 4.69) is 5.92 Å². The van der Waals surface area contributed by atoms with Crippen molar-refractivity contribution in [1.82, 2.24) is 0 Å². The molecular weight excluding hydrogens is 234 g/mol. The molecule has 1 atom stereocenters. The van der Waals surface area contributed by atoms with Gasteiger partial charge in [-0.05, 0) is 17.7 Å². The Balaban J connectivity index is 3.06. The van der Waals surface area contributed by atoms with Crippen LogP contribution in [0.1, 0.15) is 5.56 Å². The first-order chi connectivity index (χ1) is 8.46. The molecule has 0 bridgehead atoms. The highest BCUT2D eigenvalue weighted by Gasteiger charge is 2.32. The van der Waals surface area contributed by atoms with E-state index in [1.807, 2.05) is 0 Å². The maximum atomic E-state index is 11.0. The van der Waals surface area contributed by atoms with Crippen LogP contribution in [0.15, 0.2) is 18.2 Å². The van der Waals surface area contributed by atoms with Crippen LogP contribution in [0.25, 0.3) is 0 Å². The maximum Gasteiger partial charge on any atom is 0.336 e. The lowest BCUT2D eigenvalue weighted by Crippen LogP contribution is -2.48. The fourth-order valence-electron chi connectivity index (χ4n) is 1.50. The van der Waals surface area contributed by atoms with Crippen molar-refractivity contribution in [2.75, 3.05) is 14.2 Å². The number of terminal acetylenes is 1. The van der Waals surface area contributed by atoms with Crippen molar-refractivity contribution in [2.45, 2.75) is 12.0 Å². The number of ether oxygens (including phenoxy) is 2. The maximum absolute atomic E-state index is 11.0. The molecule has 1 aromatic rings. The number of carboxylic acids is 1. The van der Waals surface area contributed by atoms with Gasteiger partial charge in [0.05, 0.1) is 14.2 Å². The van der Waals surface area contributed by atoms with Gasteiger partial charge in [0.15, 0.2) is 17.0 Å². The largest absolute Gasteiger partial charge is 0.493 e. The fourth-order valence-corrected chi connectivity index (χ4v) is 1.50. The molecule has 0 spiro atoms. The number of hydrogen-bond acceptors (Lipinski definition) is 4. The molecule has 18 heavy (non-hydrogen) atoms. The predicted molar refractivity (Wildman–Crippen MR) is 66.6 cm³/mol. The summed E-state index contributed by atoms with van der Waals surface area (Å²) in [7, 11) is 3.01. The summed E-state index contributed by atoms with van der Waals surface area (Å²) in [5, 5.41) is 9.00. The lowest BCUT2D eigenvalue weighted by atomic mass is 9.92. The van der Waals surface area contributed by atoms with Gasteiger partial charge >= 0.3 is 5.97 Å². The Morgan fingerprint density at radius 1 is 1.44 bits per heavy atom. The molecule has 96 valence electrons. The Labute approximate surface area is 106 Å². The van der Waals surface area contributed by atoms with Crippen LogP contribution in [0.3, 0.4) is 0 Å². The van der Waals surface area contributed by atoms with Gasteiger partial charge in [0.2, 0.25) is 0 Å².